The molecule has 0 aliphatic carbocycles. The lowest BCUT2D eigenvalue weighted by Gasteiger charge is -2.30. The summed E-state index contributed by atoms with van der Waals surface area (Å²) in [6, 6.07) is 8.05. The van der Waals surface area contributed by atoms with E-state index in [9.17, 15) is 13.3 Å². The average Bonchev–Trinajstić information content (AvgIpc) is 3.12. The first kappa shape index (κ1) is 21.5. The monoisotopic (exact) mass is 473 g/mol. The van der Waals surface area contributed by atoms with E-state index in [1.54, 1.807) is 25.3 Å². The van der Waals surface area contributed by atoms with Crippen LogP contribution in [0.4, 0.5) is 14.5 Å². The number of nitrogens with one attached hydrogen (secondary N) is 1. The number of rotatable bonds is 5. The van der Waals surface area contributed by atoms with Crippen molar-refractivity contribution >= 4 is 51.2 Å². The van der Waals surface area contributed by atoms with Crippen molar-refractivity contribution in [2.24, 2.45) is 0 Å². The second-order valence-corrected chi connectivity index (χ2v) is 8.99. The Morgan fingerprint density at radius 1 is 1.13 bits per heavy atom. The van der Waals surface area contributed by atoms with Crippen molar-refractivity contribution in [3.05, 3.63) is 52.1 Å². The Morgan fingerprint density at radius 3 is 2.50 bits per heavy atom. The predicted octanol–water partition coefficient (Wildman–Crippen LogP) is 4.87. The summed E-state index contributed by atoms with van der Waals surface area (Å²) in [5.74, 6) is 0.665. The quantitative estimate of drug-likeness (QED) is 0.536. The summed E-state index contributed by atoms with van der Waals surface area (Å²) in [7, 11) is 1.58. The van der Waals surface area contributed by atoms with Crippen LogP contribution in [0, 0.1) is 0 Å². The molecule has 1 unspecified atom stereocenters. The van der Waals surface area contributed by atoms with Crippen LogP contribution in [-0.4, -0.2) is 41.8 Å². The molecule has 1 aliphatic heterocycles. The number of alkyl halides is 2. The van der Waals surface area contributed by atoms with Gasteiger partial charge < -0.3 is 19.5 Å². The third-order valence-electron chi connectivity index (χ3n) is 5.07. The van der Waals surface area contributed by atoms with Crippen LogP contribution in [-0.2, 0) is 11.4 Å². The highest BCUT2D eigenvalue weighted by molar-refractivity contribution is 7.90. The number of hydrogen-bond acceptors (Lipinski definition) is 4. The lowest BCUT2D eigenvalue weighted by Crippen LogP contribution is -2.43. The Morgan fingerprint density at radius 2 is 1.83 bits per heavy atom. The lowest BCUT2D eigenvalue weighted by molar-refractivity contribution is 0.153. The molecular formula is C20H19Cl2F2N3O2S. The van der Waals surface area contributed by atoms with Crippen molar-refractivity contribution in [1.82, 2.24) is 9.29 Å². The number of piperazine rings is 1. The molecule has 0 amide bonds. The lowest BCUT2D eigenvalue weighted by atomic mass is 10.2. The molecule has 1 fully saturated rings. The Bertz CT molecular complexity index is 1070. The summed E-state index contributed by atoms with van der Waals surface area (Å²) < 4.78 is 47.4. The SMILES string of the molecule is COc1ccc([S+]([O-])n2cc(C(F)F)c3cc(Cl)c(Cl)cc32)cc1N1CCNCC1. The van der Waals surface area contributed by atoms with Gasteiger partial charge in [-0.25, -0.2) is 8.78 Å². The van der Waals surface area contributed by atoms with Gasteiger partial charge in [-0.1, -0.05) is 23.2 Å². The molecule has 30 heavy (non-hydrogen) atoms. The summed E-state index contributed by atoms with van der Waals surface area (Å²) in [6.07, 6.45) is -1.54. The number of halogens is 4. The molecular weight excluding hydrogens is 455 g/mol. The minimum Gasteiger partial charge on any atom is -0.587 e. The van der Waals surface area contributed by atoms with Gasteiger partial charge in [0.05, 0.1) is 34.6 Å². The third-order valence-corrected chi connectivity index (χ3v) is 7.11. The van der Waals surface area contributed by atoms with Gasteiger partial charge >= 0.3 is 0 Å². The normalized spacial score (nSPS) is 15.8. The molecule has 0 radical (unpaired) electrons. The number of nitrogens with zero attached hydrogens (tertiary/aromatic N) is 2. The smallest absolute Gasteiger partial charge is 0.266 e. The topological polar surface area (TPSA) is 52.5 Å². The van der Waals surface area contributed by atoms with Gasteiger partial charge in [0, 0.05) is 43.2 Å². The Labute approximate surface area is 185 Å². The van der Waals surface area contributed by atoms with Gasteiger partial charge in [-0.3, -0.25) is 0 Å². The molecule has 0 spiro atoms. The van der Waals surface area contributed by atoms with Crippen LogP contribution in [0.1, 0.15) is 12.0 Å². The van der Waals surface area contributed by atoms with Crippen LogP contribution < -0.4 is 15.0 Å². The maximum absolute atomic E-state index is 13.6. The molecule has 0 bridgehead atoms. The zero-order chi connectivity index (χ0) is 21.4. The summed E-state index contributed by atoms with van der Waals surface area (Å²) in [4.78, 5) is 2.61. The van der Waals surface area contributed by atoms with Gasteiger partial charge in [-0.2, -0.15) is 3.97 Å². The van der Waals surface area contributed by atoms with Crippen molar-refractivity contribution in [2.75, 3.05) is 38.2 Å². The molecule has 1 aliphatic rings. The molecule has 10 heteroatoms. The Kier molecular flexibility index (Phi) is 6.31. The van der Waals surface area contributed by atoms with Crippen LogP contribution in [0.5, 0.6) is 5.75 Å². The number of ether oxygens (including phenoxy) is 1. The van der Waals surface area contributed by atoms with E-state index in [2.05, 4.69) is 10.2 Å². The van der Waals surface area contributed by atoms with E-state index < -0.39 is 17.8 Å². The highest BCUT2D eigenvalue weighted by Gasteiger charge is 2.26. The first-order valence-corrected chi connectivity index (χ1v) is 11.1. The van der Waals surface area contributed by atoms with Crippen LogP contribution >= 0.6 is 23.2 Å². The molecule has 2 heterocycles. The average molecular weight is 474 g/mol. The summed E-state index contributed by atoms with van der Waals surface area (Å²) in [5.41, 5.74) is 0.904. The van der Waals surface area contributed by atoms with E-state index in [-0.39, 0.29) is 21.0 Å². The minimum atomic E-state index is -2.74. The highest BCUT2D eigenvalue weighted by atomic mass is 35.5. The van der Waals surface area contributed by atoms with Gasteiger partial charge in [0.25, 0.3) is 6.43 Å². The molecule has 5 nitrogen and oxygen atoms in total. The van der Waals surface area contributed by atoms with E-state index in [4.69, 9.17) is 27.9 Å². The maximum Gasteiger partial charge on any atom is 0.266 e. The van der Waals surface area contributed by atoms with Crippen molar-refractivity contribution < 1.29 is 18.1 Å². The van der Waals surface area contributed by atoms with E-state index >= 15 is 0 Å². The van der Waals surface area contributed by atoms with Gasteiger partial charge in [0.15, 0.2) is 4.90 Å². The van der Waals surface area contributed by atoms with E-state index in [0.717, 1.165) is 31.9 Å². The Balaban J connectivity index is 1.80. The van der Waals surface area contributed by atoms with Gasteiger partial charge in [0.2, 0.25) is 0 Å². The number of hydrogen-bond donors (Lipinski definition) is 1. The fraction of sp³-hybridized carbons (Fsp3) is 0.300. The highest BCUT2D eigenvalue weighted by Crippen LogP contribution is 2.38. The molecule has 1 atom stereocenters. The van der Waals surface area contributed by atoms with Crippen LogP contribution in [0.3, 0.4) is 0 Å². The molecule has 1 aromatic heterocycles. The minimum absolute atomic E-state index is 0.167. The number of methoxy groups -OCH3 is 1. The van der Waals surface area contributed by atoms with Crippen LogP contribution in [0.2, 0.25) is 10.0 Å². The van der Waals surface area contributed by atoms with Crippen LogP contribution in [0.25, 0.3) is 10.9 Å². The molecule has 2 aromatic carbocycles. The molecule has 3 aromatic rings. The molecule has 160 valence electrons. The summed E-state index contributed by atoms with van der Waals surface area (Å²) in [5, 5.41) is 3.89. The van der Waals surface area contributed by atoms with Crippen molar-refractivity contribution in [3.8, 4) is 5.75 Å². The predicted molar refractivity (Wildman–Crippen MR) is 117 cm³/mol. The van der Waals surface area contributed by atoms with Crippen molar-refractivity contribution in [1.29, 1.82) is 0 Å². The van der Waals surface area contributed by atoms with E-state index in [0.29, 0.717) is 16.2 Å². The number of fused-ring (bicyclic) bond motifs is 1. The summed E-state index contributed by atoms with van der Waals surface area (Å²) in [6.45, 7) is 3.22. The second-order valence-electron chi connectivity index (χ2n) is 6.81. The summed E-state index contributed by atoms with van der Waals surface area (Å²) >= 11 is 10.4. The number of aromatic nitrogens is 1. The zero-order valence-corrected chi connectivity index (χ0v) is 18.3. The molecule has 1 N–H and O–H groups in total. The van der Waals surface area contributed by atoms with Crippen LogP contribution in [0.15, 0.2) is 41.4 Å². The third kappa shape index (κ3) is 3.94. The maximum atomic E-state index is 13.6. The second kappa shape index (κ2) is 8.80. The van der Waals surface area contributed by atoms with E-state index in [1.807, 2.05) is 0 Å². The largest absolute Gasteiger partial charge is 0.587 e. The molecule has 1 saturated heterocycles. The van der Waals surface area contributed by atoms with Gasteiger partial charge in [-0.05, 0) is 24.3 Å². The number of benzene rings is 2. The Hall–Kier alpha value is -1.71. The fourth-order valence-electron chi connectivity index (χ4n) is 3.57. The first-order chi connectivity index (χ1) is 14.4. The number of anilines is 1. The molecule has 4 rings (SSSR count). The van der Waals surface area contributed by atoms with E-state index in [1.165, 1.54) is 22.3 Å². The van der Waals surface area contributed by atoms with Crippen molar-refractivity contribution in [2.45, 2.75) is 11.3 Å². The molecule has 0 saturated carbocycles. The van der Waals surface area contributed by atoms with Gasteiger partial charge in [-0.15, -0.1) is 0 Å². The zero-order valence-electron chi connectivity index (χ0n) is 16.0. The fourth-order valence-corrected chi connectivity index (χ4v) is 5.06. The standard InChI is InChI=1S/C20H19Cl2F2N3O2S/c1-29-19-3-2-12(8-18(19)26-6-4-25-5-7-26)30(28)27-11-14(20(23)24)13-9-15(21)16(22)10-17(13)27/h2-3,8-11,20,25H,4-7H2,1H3. The van der Waals surface area contributed by atoms with Crippen molar-refractivity contribution in [3.63, 3.8) is 0 Å². The van der Waals surface area contributed by atoms with Gasteiger partial charge in [0.1, 0.15) is 17.1 Å². The first-order valence-electron chi connectivity index (χ1n) is 9.25.